The van der Waals surface area contributed by atoms with Gasteiger partial charge in [-0.15, -0.1) is 50.9 Å². The van der Waals surface area contributed by atoms with Gasteiger partial charge in [0.15, 0.2) is 0 Å². The first-order chi connectivity index (χ1) is 1.41. The predicted octanol–water partition coefficient (Wildman–Crippen LogP) is 1.83. The molecule has 0 saturated carbocycles. The summed E-state index contributed by atoms with van der Waals surface area (Å²) in [5, 5.41) is 0. The average molecular weight is 452 g/mol. The van der Waals surface area contributed by atoms with Crippen LogP contribution in [0.3, 0.4) is 0 Å². The van der Waals surface area contributed by atoms with Crippen molar-refractivity contribution in [3.63, 3.8) is 0 Å². The quantitative estimate of drug-likeness (QED) is 0.510. The third kappa shape index (κ3) is 33.8. The van der Waals surface area contributed by atoms with Gasteiger partial charge in [0.05, 0.1) is 0 Å². The minimum absolute atomic E-state index is 0. The molecule has 0 aromatic rings. The van der Waals surface area contributed by atoms with Crippen LogP contribution in [0.15, 0.2) is 0 Å². The SMILES string of the molecule is Br.Br.Br.C[O][Hf]. The molecular formula is CH6Br3HfO. The molecule has 0 fully saturated rings. The van der Waals surface area contributed by atoms with E-state index in [0.717, 1.165) is 24.8 Å². The zero-order chi connectivity index (χ0) is 2.71. The Labute approximate surface area is 84.7 Å². The van der Waals surface area contributed by atoms with E-state index in [0.29, 0.717) is 0 Å². The van der Waals surface area contributed by atoms with Crippen molar-refractivity contribution in [2.75, 3.05) is 7.11 Å². The summed E-state index contributed by atoms with van der Waals surface area (Å²) in [6.45, 7) is 0. The standard InChI is InChI=1S/CH3O.3BrH.Hf/c1-2;;;;/h1H3;3*1H;/q-1;;;;+1. The van der Waals surface area contributed by atoms with Gasteiger partial charge < -0.3 is 0 Å². The molecule has 1 nitrogen and oxygen atoms in total. The van der Waals surface area contributed by atoms with Gasteiger partial charge in [-0.1, -0.05) is 0 Å². The fourth-order valence-electron chi connectivity index (χ4n) is 0. The fraction of sp³-hybridized carbons (Fsp3) is 1.00. The van der Waals surface area contributed by atoms with Crippen molar-refractivity contribution in [1.29, 1.82) is 0 Å². The maximum atomic E-state index is 4.39. The molecule has 0 N–H and O–H groups in total. The Kier molecular flexibility index (Phi) is 107. The normalized spacial score (nSPS) is 2.67. The van der Waals surface area contributed by atoms with Crippen LogP contribution in [0.1, 0.15) is 0 Å². The summed E-state index contributed by atoms with van der Waals surface area (Å²) in [6.07, 6.45) is 0. The molecule has 41 valence electrons. The van der Waals surface area contributed by atoms with Crippen molar-refractivity contribution in [3.05, 3.63) is 0 Å². The van der Waals surface area contributed by atoms with E-state index in [-0.39, 0.29) is 50.9 Å². The van der Waals surface area contributed by atoms with E-state index < -0.39 is 0 Å². The summed E-state index contributed by atoms with van der Waals surface area (Å²) in [6, 6.07) is 0. The molecule has 0 unspecified atom stereocenters. The summed E-state index contributed by atoms with van der Waals surface area (Å²) < 4.78 is 4.39. The Bertz CT molecular complexity index is 10.8. The van der Waals surface area contributed by atoms with E-state index in [1.165, 1.54) is 0 Å². The first kappa shape index (κ1) is 24.0. The van der Waals surface area contributed by atoms with Gasteiger partial charge in [0, 0.05) is 0 Å². The molecule has 6 heavy (non-hydrogen) atoms. The van der Waals surface area contributed by atoms with Gasteiger partial charge in [0.25, 0.3) is 0 Å². The fourth-order valence-corrected chi connectivity index (χ4v) is 0. The Morgan fingerprint density at radius 2 is 1.17 bits per heavy atom. The Morgan fingerprint density at radius 1 is 1.17 bits per heavy atom. The van der Waals surface area contributed by atoms with Crippen molar-refractivity contribution in [2.45, 2.75) is 0 Å². The van der Waals surface area contributed by atoms with Crippen LogP contribution in [0, 0.1) is 0 Å². The molecule has 0 amide bonds. The Hall–Kier alpha value is 2.27. The summed E-state index contributed by atoms with van der Waals surface area (Å²) in [7, 11) is 1.69. The van der Waals surface area contributed by atoms with Gasteiger partial charge in [-0.05, 0) is 0 Å². The molecule has 0 aliphatic rings. The number of hydrogen-bond acceptors (Lipinski definition) is 1. The zero-order valence-corrected chi connectivity index (χ0v) is 11.9. The number of hydrogen-bond donors (Lipinski definition) is 0. The Balaban J connectivity index is -0.00000000667. The molecule has 0 heterocycles. The molecule has 0 aliphatic heterocycles. The molecule has 0 saturated heterocycles. The van der Waals surface area contributed by atoms with E-state index >= 15 is 0 Å². The minimum atomic E-state index is 0. The van der Waals surface area contributed by atoms with Crippen LogP contribution < -0.4 is 0 Å². The van der Waals surface area contributed by atoms with Gasteiger partial charge >= 0.3 is 34.8 Å². The van der Waals surface area contributed by atoms with Crippen LogP contribution in [0.25, 0.3) is 0 Å². The topological polar surface area (TPSA) is 9.23 Å². The van der Waals surface area contributed by atoms with Gasteiger partial charge in [-0.3, -0.25) is 0 Å². The molecule has 5 heteroatoms. The second-order valence-electron chi connectivity index (χ2n) is 0.204. The maximum absolute atomic E-state index is 4.39. The second-order valence-corrected chi connectivity index (χ2v) is 1.67. The van der Waals surface area contributed by atoms with Crippen LogP contribution in [-0.2, 0) is 27.7 Å². The zero-order valence-electron chi connectivity index (χ0n) is 3.13. The van der Waals surface area contributed by atoms with Gasteiger partial charge in [0.1, 0.15) is 0 Å². The summed E-state index contributed by atoms with van der Waals surface area (Å²) in [4.78, 5) is 0. The molecule has 0 bridgehead atoms. The van der Waals surface area contributed by atoms with E-state index in [1.807, 2.05) is 0 Å². The molecule has 0 aromatic heterocycles. The van der Waals surface area contributed by atoms with Crippen LogP contribution >= 0.6 is 50.9 Å². The van der Waals surface area contributed by atoms with Crippen molar-refractivity contribution in [1.82, 2.24) is 0 Å². The molecule has 0 rings (SSSR count). The summed E-state index contributed by atoms with van der Waals surface area (Å²) in [5.74, 6) is 0. The van der Waals surface area contributed by atoms with Crippen molar-refractivity contribution < 1.29 is 27.7 Å². The summed E-state index contributed by atoms with van der Waals surface area (Å²) in [5.41, 5.74) is 0. The van der Waals surface area contributed by atoms with Gasteiger partial charge in [-0.2, -0.15) is 0 Å². The summed E-state index contributed by atoms with van der Waals surface area (Å²) >= 11 is 0.869. The van der Waals surface area contributed by atoms with Gasteiger partial charge in [-0.25, -0.2) is 0 Å². The van der Waals surface area contributed by atoms with Crippen LogP contribution in [0.2, 0.25) is 0 Å². The third-order valence-electron chi connectivity index (χ3n) is 0. The first-order valence-corrected chi connectivity index (χ1v) is 2.08. The van der Waals surface area contributed by atoms with Crippen molar-refractivity contribution >= 4 is 50.9 Å². The second kappa shape index (κ2) is 26.7. The van der Waals surface area contributed by atoms with Crippen molar-refractivity contribution in [3.8, 4) is 0 Å². The average Bonchev–Trinajstić information content (AvgIpc) is 0.918. The Morgan fingerprint density at radius 3 is 1.17 bits per heavy atom. The van der Waals surface area contributed by atoms with E-state index in [2.05, 4.69) is 2.85 Å². The number of halogens is 3. The van der Waals surface area contributed by atoms with E-state index in [4.69, 9.17) is 0 Å². The molecule has 0 aromatic carbocycles. The first-order valence-electron chi connectivity index (χ1n) is 0.612. The number of rotatable bonds is 0. The van der Waals surface area contributed by atoms with Crippen LogP contribution in [-0.4, -0.2) is 7.11 Å². The molecule has 0 spiro atoms. The predicted molar refractivity (Wildman–Crippen MR) is 38.0 cm³/mol. The van der Waals surface area contributed by atoms with Crippen LogP contribution in [0.4, 0.5) is 0 Å². The monoisotopic (exact) mass is 451 g/mol. The van der Waals surface area contributed by atoms with E-state index in [9.17, 15) is 0 Å². The molecule has 0 atom stereocenters. The van der Waals surface area contributed by atoms with Crippen molar-refractivity contribution in [2.24, 2.45) is 0 Å². The molecule has 0 aliphatic carbocycles. The van der Waals surface area contributed by atoms with E-state index in [1.54, 1.807) is 7.11 Å². The molecular weight excluding hydrogens is 446 g/mol. The molecule has 0 radical (unpaired) electrons. The third-order valence-corrected chi connectivity index (χ3v) is 0. The van der Waals surface area contributed by atoms with Crippen LogP contribution in [0.5, 0.6) is 0 Å². The van der Waals surface area contributed by atoms with Gasteiger partial charge in [0.2, 0.25) is 0 Å².